The molecular weight excluding hydrogens is 405 g/mol. The normalized spacial score (nSPS) is 17.8. The van der Waals surface area contributed by atoms with Crippen LogP contribution < -0.4 is 4.90 Å². The van der Waals surface area contributed by atoms with Crippen molar-refractivity contribution in [3.63, 3.8) is 0 Å². The maximum Gasteiger partial charge on any atom is 0.300 e. The second-order valence-corrected chi connectivity index (χ2v) is 8.12. The molecule has 0 aromatic heterocycles. The molecule has 1 saturated heterocycles. The average Bonchev–Trinajstić information content (AvgIpc) is 3.04. The first-order chi connectivity index (χ1) is 15.3. The van der Waals surface area contributed by atoms with Crippen molar-refractivity contribution in [1.82, 2.24) is 0 Å². The molecule has 0 aliphatic carbocycles. The van der Waals surface area contributed by atoms with E-state index in [1.54, 1.807) is 12.1 Å². The second kappa shape index (κ2) is 8.42. The number of Topliss-reactive ketones (excluding diaryl/α,β-unsaturated/α-hetero) is 1. The van der Waals surface area contributed by atoms with Crippen LogP contribution in [0.3, 0.4) is 0 Å². The van der Waals surface area contributed by atoms with Gasteiger partial charge in [-0.1, -0.05) is 49.4 Å². The molecule has 4 nitrogen and oxygen atoms in total. The van der Waals surface area contributed by atoms with Crippen molar-refractivity contribution in [2.75, 3.05) is 4.90 Å². The molecule has 3 aromatic carbocycles. The highest BCUT2D eigenvalue weighted by atomic mass is 19.1. The van der Waals surface area contributed by atoms with E-state index in [4.69, 9.17) is 0 Å². The minimum atomic E-state index is -0.873. The zero-order valence-electron chi connectivity index (χ0n) is 18.2. The zero-order valence-corrected chi connectivity index (χ0v) is 18.2. The van der Waals surface area contributed by atoms with Crippen molar-refractivity contribution in [2.24, 2.45) is 0 Å². The van der Waals surface area contributed by atoms with Crippen molar-refractivity contribution in [3.05, 3.63) is 106 Å². The number of benzene rings is 3. The lowest BCUT2D eigenvalue weighted by molar-refractivity contribution is -0.132. The van der Waals surface area contributed by atoms with E-state index in [9.17, 15) is 19.1 Å². The van der Waals surface area contributed by atoms with Crippen LogP contribution in [0.15, 0.2) is 72.3 Å². The van der Waals surface area contributed by atoms with E-state index in [-0.39, 0.29) is 11.3 Å². The third-order valence-corrected chi connectivity index (χ3v) is 5.75. The van der Waals surface area contributed by atoms with E-state index in [2.05, 4.69) is 0 Å². The van der Waals surface area contributed by atoms with Gasteiger partial charge in [0.1, 0.15) is 11.6 Å². The predicted octanol–water partition coefficient (Wildman–Crippen LogP) is 5.63. The Labute approximate surface area is 186 Å². The number of amides is 1. The molecule has 1 heterocycles. The molecule has 1 aliphatic rings. The first kappa shape index (κ1) is 21.5. The van der Waals surface area contributed by atoms with Crippen LogP contribution in [0.4, 0.5) is 10.1 Å². The van der Waals surface area contributed by atoms with E-state index in [1.807, 2.05) is 51.1 Å². The number of ketones is 1. The fraction of sp³-hybridized carbons (Fsp3) is 0.185. The molecule has 1 atom stereocenters. The highest BCUT2D eigenvalue weighted by Gasteiger charge is 2.47. The van der Waals surface area contributed by atoms with Gasteiger partial charge in [-0.25, -0.2) is 4.39 Å². The van der Waals surface area contributed by atoms with Crippen molar-refractivity contribution in [3.8, 4) is 0 Å². The summed E-state index contributed by atoms with van der Waals surface area (Å²) >= 11 is 0. The number of aliphatic hydroxyl groups excluding tert-OH is 1. The van der Waals surface area contributed by atoms with Gasteiger partial charge in [0, 0.05) is 11.3 Å². The molecule has 1 aliphatic heterocycles. The van der Waals surface area contributed by atoms with Gasteiger partial charge in [0.25, 0.3) is 11.7 Å². The summed E-state index contributed by atoms with van der Waals surface area (Å²) in [5.74, 6) is -2.16. The van der Waals surface area contributed by atoms with Gasteiger partial charge in [0.05, 0.1) is 11.6 Å². The number of carbonyl (C=O) groups excluding carboxylic acids is 2. The Morgan fingerprint density at radius 3 is 2.09 bits per heavy atom. The SMILES string of the molecule is CCc1ccc(/C(O)=C2\C(=O)C(=O)N(c3cc(C)cc(C)c3)C2c2ccc(F)cc2)cc1. The zero-order chi connectivity index (χ0) is 23.0. The van der Waals surface area contributed by atoms with Crippen LogP contribution in [0, 0.1) is 19.7 Å². The monoisotopic (exact) mass is 429 g/mol. The predicted molar refractivity (Wildman–Crippen MR) is 123 cm³/mol. The summed E-state index contributed by atoms with van der Waals surface area (Å²) in [4.78, 5) is 27.7. The smallest absolute Gasteiger partial charge is 0.300 e. The minimum absolute atomic E-state index is 0.00924. The number of aliphatic hydroxyl groups is 1. The molecule has 3 aromatic rings. The summed E-state index contributed by atoms with van der Waals surface area (Å²) in [6.45, 7) is 5.85. The number of hydrogen-bond donors (Lipinski definition) is 1. The number of halogens is 1. The number of carbonyl (C=O) groups is 2. The Hall–Kier alpha value is -3.73. The summed E-state index contributed by atoms with van der Waals surface area (Å²) in [6.07, 6.45) is 0.841. The van der Waals surface area contributed by atoms with Crippen LogP contribution in [0.1, 0.15) is 40.8 Å². The summed E-state index contributed by atoms with van der Waals surface area (Å²) in [5.41, 5.74) is 4.51. The molecule has 0 radical (unpaired) electrons. The molecule has 1 unspecified atom stereocenters. The number of rotatable bonds is 4. The standard InChI is InChI=1S/C27H24FNO3/c1-4-18-5-7-20(8-6-18)25(30)23-24(19-9-11-21(28)12-10-19)29(27(32)26(23)31)22-14-16(2)13-17(3)15-22/h5-15,24,30H,4H2,1-3H3/b25-23+. The Morgan fingerprint density at radius 1 is 0.938 bits per heavy atom. The van der Waals surface area contributed by atoms with Crippen LogP contribution in [0.2, 0.25) is 0 Å². The van der Waals surface area contributed by atoms with E-state index in [0.717, 1.165) is 23.1 Å². The van der Waals surface area contributed by atoms with E-state index in [0.29, 0.717) is 16.8 Å². The lowest BCUT2D eigenvalue weighted by Crippen LogP contribution is -2.29. The molecule has 0 spiro atoms. The Morgan fingerprint density at radius 2 is 1.53 bits per heavy atom. The van der Waals surface area contributed by atoms with Crippen LogP contribution in [-0.2, 0) is 16.0 Å². The summed E-state index contributed by atoms with van der Waals surface area (Å²) < 4.78 is 13.6. The Bertz CT molecular complexity index is 1210. The van der Waals surface area contributed by atoms with Crippen LogP contribution in [0.5, 0.6) is 0 Å². The van der Waals surface area contributed by atoms with Gasteiger partial charge in [0.2, 0.25) is 0 Å². The molecular formula is C27H24FNO3. The van der Waals surface area contributed by atoms with E-state index >= 15 is 0 Å². The quantitative estimate of drug-likeness (QED) is 0.332. The van der Waals surface area contributed by atoms with Crippen LogP contribution in [0.25, 0.3) is 5.76 Å². The summed E-state index contributed by atoms with van der Waals surface area (Å²) in [6, 6.07) is 17.6. The maximum absolute atomic E-state index is 13.6. The molecule has 4 rings (SSSR count). The largest absolute Gasteiger partial charge is 0.507 e. The molecule has 5 heteroatoms. The van der Waals surface area contributed by atoms with Gasteiger partial charge in [-0.2, -0.15) is 0 Å². The lowest BCUT2D eigenvalue weighted by Gasteiger charge is -2.26. The number of nitrogens with zero attached hydrogens (tertiary/aromatic N) is 1. The Balaban J connectivity index is 1.94. The third-order valence-electron chi connectivity index (χ3n) is 5.75. The van der Waals surface area contributed by atoms with Gasteiger partial charge in [0.15, 0.2) is 0 Å². The van der Waals surface area contributed by atoms with Gasteiger partial charge < -0.3 is 5.11 Å². The van der Waals surface area contributed by atoms with Gasteiger partial charge >= 0.3 is 0 Å². The first-order valence-corrected chi connectivity index (χ1v) is 10.5. The summed E-state index contributed by atoms with van der Waals surface area (Å²) in [7, 11) is 0. The fourth-order valence-electron chi connectivity index (χ4n) is 4.20. The van der Waals surface area contributed by atoms with Crippen molar-refractivity contribution < 1.29 is 19.1 Å². The van der Waals surface area contributed by atoms with Crippen molar-refractivity contribution >= 4 is 23.1 Å². The highest BCUT2D eigenvalue weighted by molar-refractivity contribution is 6.51. The minimum Gasteiger partial charge on any atom is -0.507 e. The molecule has 32 heavy (non-hydrogen) atoms. The fourth-order valence-corrected chi connectivity index (χ4v) is 4.20. The van der Waals surface area contributed by atoms with Gasteiger partial charge in [-0.15, -0.1) is 0 Å². The molecule has 1 amide bonds. The highest BCUT2D eigenvalue weighted by Crippen LogP contribution is 2.42. The molecule has 0 saturated carbocycles. The van der Waals surface area contributed by atoms with E-state index in [1.165, 1.54) is 29.2 Å². The first-order valence-electron chi connectivity index (χ1n) is 10.5. The molecule has 1 fully saturated rings. The van der Waals surface area contributed by atoms with Crippen LogP contribution in [-0.4, -0.2) is 16.8 Å². The maximum atomic E-state index is 13.6. The average molecular weight is 429 g/mol. The van der Waals surface area contributed by atoms with E-state index < -0.39 is 23.5 Å². The number of anilines is 1. The number of aryl methyl sites for hydroxylation is 3. The third kappa shape index (κ3) is 3.82. The lowest BCUT2D eigenvalue weighted by atomic mass is 9.94. The number of hydrogen-bond acceptors (Lipinski definition) is 3. The van der Waals surface area contributed by atoms with Gasteiger partial charge in [-0.05, 0) is 66.8 Å². The molecule has 162 valence electrons. The molecule has 0 bridgehead atoms. The second-order valence-electron chi connectivity index (χ2n) is 8.12. The van der Waals surface area contributed by atoms with Gasteiger partial charge in [-0.3, -0.25) is 14.5 Å². The van der Waals surface area contributed by atoms with Crippen LogP contribution >= 0.6 is 0 Å². The van der Waals surface area contributed by atoms with Crippen molar-refractivity contribution in [1.29, 1.82) is 0 Å². The van der Waals surface area contributed by atoms with Crippen molar-refractivity contribution in [2.45, 2.75) is 33.2 Å². The topological polar surface area (TPSA) is 57.6 Å². The molecule has 1 N–H and O–H groups in total. The Kier molecular flexibility index (Phi) is 5.66. The summed E-state index contributed by atoms with van der Waals surface area (Å²) in [5, 5.41) is 11.1.